The monoisotopic (exact) mass is 461 g/mol. The van der Waals surface area contributed by atoms with Crippen LogP contribution < -0.4 is 10.6 Å². The van der Waals surface area contributed by atoms with Crippen molar-refractivity contribution in [2.75, 3.05) is 25.0 Å². The zero-order chi connectivity index (χ0) is 23.7. The summed E-state index contributed by atoms with van der Waals surface area (Å²) in [6.07, 6.45) is -0.843. The van der Waals surface area contributed by atoms with Gasteiger partial charge in [-0.05, 0) is 43.4 Å². The molecular weight excluding hydrogens is 430 g/mol. The fourth-order valence-electron chi connectivity index (χ4n) is 3.60. The second-order valence-corrected chi connectivity index (χ2v) is 7.97. The zero-order valence-electron chi connectivity index (χ0n) is 18.4. The molecule has 2 N–H and O–H groups in total. The van der Waals surface area contributed by atoms with Gasteiger partial charge >= 0.3 is 18.4 Å². The highest BCUT2D eigenvalue weighted by Crippen LogP contribution is 2.23. The van der Waals surface area contributed by atoms with Crippen LogP contribution in [-0.4, -0.2) is 54.9 Å². The molecular formula is C22H31F4N3O3. The van der Waals surface area contributed by atoms with E-state index in [9.17, 15) is 27.2 Å². The normalized spacial score (nSPS) is 15.3. The van der Waals surface area contributed by atoms with E-state index in [0.29, 0.717) is 37.2 Å². The van der Waals surface area contributed by atoms with Crippen LogP contribution in [0.1, 0.15) is 45.1 Å². The summed E-state index contributed by atoms with van der Waals surface area (Å²) in [6, 6.07) is 5.84. The third kappa shape index (κ3) is 7.65. The first-order valence-electron chi connectivity index (χ1n) is 10.8. The lowest BCUT2D eigenvalue weighted by Crippen LogP contribution is -2.48. The molecule has 1 heterocycles. The number of amides is 3. The van der Waals surface area contributed by atoms with Gasteiger partial charge in [0.2, 0.25) is 5.91 Å². The summed E-state index contributed by atoms with van der Waals surface area (Å²) < 4.78 is 54.8. The average Bonchev–Trinajstić information content (AvgIpc) is 2.75. The number of rotatable bonds is 10. The van der Waals surface area contributed by atoms with Crippen molar-refractivity contribution in [3.63, 3.8) is 0 Å². The molecule has 0 saturated carbocycles. The van der Waals surface area contributed by atoms with Gasteiger partial charge in [-0.3, -0.25) is 4.79 Å². The van der Waals surface area contributed by atoms with Gasteiger partial charge in [-0.1, -0.05) is 26.0 Å². The Hall–Kier alpha value is -2.36. The van der Waals surface area contributed by atoms with Crippen LogP contribution in [0.25, 0.3) is 0 Å². The summed E-state index contributed by atoms with van der Waals surface area (Å²) in [5, 5.41) is 5.55. The summed E-state index contributed by atoms with van der Waals surface area (Å²) in [6.45, 7) is 3.52. The lowest BCUT2D eigenvalue weighted by molar-refractivity contribution is -0.168. The van der Waals surface area contributed by atoms with Crippen LogP contribution in [0.4, 0.5) is 28.0 Å². The van der Waals surface area contributed by atoms with Crippen LogP contribution in [0.3, 0.4) is 0 Å². The van der Waals surface area contributed by atoms with Crippen molar-refractivity contribution in [1.29, 1.82) is 0 Å². The van der Waals surface area contributed by atoms with Crippen LogP contribution in [0.15, 0.2) is 24.3 Å². The highest BCUT2D eigenvalue weighted by molar-refractivity contribution is 5.89. The Labute approximate surface area is 185 Å². The Morgan fingerprint density at radius 3 is 2.44 bits per heavy atom. The summed E-state index contributed by atoms with van der Waals surface area (Å²) in [5.41, 5.74) is 0.881. The number of halogens is 4. The van der Waals surface area contributed by atoms with Crippen LogP contribution >= 0.6 is 0 Å². The van der Waals surface area contributed by atoms with E-state index in [1.54, 1.807) is 18.2 Å². The number of nitrogens with one attached hydrogen (secondary N) is 2. The Morgan fingerprint density at radius 1 is 1.19 bits per heavy atom. The van der Waals surface area contributed by atoms with Gasteiger partial charge in [0, 0.05) is 30.7 Å². The molecule has 0 spiro atoms. The molecule has 1 fully saturated rings. The molecule has 0 radical (unpaired) electrons. The van der Waals surface area contributed by atoms with Crippen molar-refractivity contribution in [3.8, 4) is 0 Å². The lowest BCUT2D eigenvalue weighted by Gasteiger charge is -2.34. The molecule has 0 atom stereocenters. The number of carbonyl (C=O) groups is 2. The smallest absolute Gasteiger partial charge is 0.330 e. The highest BCUT2D eigenvalue weighted by atomic mass is 19.3. The van der Waals surface area contributed by atoms with Crippen molar-refractivity contribution in [2.24, 2.45) is 5.92 Å². The SMILES string of the molecule is CCC(CC)C(=O)N1CCC(NC(=O)Nc2cccc(COCC(F)(F)C(F)F)c2)CC1. The number of urea groups is 1. The summed E-state index contributed by atoms with van der Waals surface area (Å²) in [4.78, 5) is 26.6. The van der Waals surface area contributed by atoms with Crippen LogP contribution in [0.2, 0.25) is 0 Å². The number of benzene rings is 1. The second-order valence-electron chi connectivity index (χ2n) is 7.97. The Kier molecular flexibility index (Phi) is 9.74. The minimum Gasteiger partial charge on any atom is -0.370 e. The van der Waals surface area contributed by atoms with Gasteiger partial charge in [-0.15, -0.1) is 0 Å². The number of likely N-dealkylation sites (tertiary alicyclic amines) is 1. The number of piperidine rings is 1. The topological polar surface area (TPSA) is 70.7 Å². The van der Waals surface area contributed by atoms with E-state index in [1.807, 2.05) is 18.7 Å². The first-order valence-corrected chi connectivity index (χ1v) is 10.8. The molecule has 2 rings (SSSR count). The van der Waals surface area contributed by atoms with Gasteiger partial charge in [0.25, 0.3) is 0 Å². The first kappa shape index (κ1) is 25.9. The predicted molar refractivity (Wildman–Crippen MR) is 113 cm³/mol. The molecule has 1 saturated heterocycles. The number of nitrogens with zero attached hydrogens (tertiary/aromatic N) is 1. The third-order valence-corrected chi connectivity index (χ3v) is 5.54. The summed E-state index contributed by atoms with van der Waals surface area (Å²) >= 11 is 0. The fourth-order valence-corrected chi connectivity index (χ4v) is 3.60. The molecule has 1 aliphatic heterocycles. The van der Waals surface area contributed by atoms with Crippen LogP contribution in [-0.2, 0) is 16.1 Å². The Balaban J connectivity index is 1.78. The van der Waals surface area contributed by atoms with E-state index in [-0.39, 0.29) is 24.5 Å². The molecule has 1 aliphatic rings. The van der Waals surface area contributed by atoms with Gasteiger partial charge in [0.15, 0.2) is 0 Å². The molecule has 1 aromatic rings. The highest BCUT2D eigenvalue weighted by Gasteiger charge is 2.40. The number of hydrogen-bond acceptors (Lipinski definition) is 3. The number of alkyl halides is 4. The van der Waals surface area contributed by atoms with Crippen molar-refractivity contribution in [3.05, 3.63) is 29.8 Å². The summed E-state index contributed by atoms with van der Waals surface area (Å²) in [5.74, 6) is -3.99. The van der Waals surface area contributed by atoms with Crippen molar-refractivity contribution >= 4 is 17.6 Å². The molecule has 10 heteroatoms. The molecule has 1 aromatic carbocycles. The maximum atomic E-state index is 12.9. The number of carbonyl (C=O) groups excluding carboxylic acids is 2. The average molecular weight is 462 g/mol. The van der Waals surface area contributed by atoms with E-state index in [2.05, 4.69) is 10.6 Å². The van der Waals surface area contributed by atoms with Crippen molar-refractivity contribution in [1.82, 2.24) is 10.2 Å². The van der Waals surface area contributed by atoms with E-state index in [4.69, 9.17) is 4.74 Å². The summed E-state index contributed by atoms with van der Waals surface area (Å²) in [7, 11) is 0. The van der Waals surface area contributed by atoms with Gasteiger partial charge < -0.3 is 20.3 Å². The Bertz CT molecular complexity index is 752. The molecule has 3 amide bonds. The lowest BCUT2D eigenvalue weighted by atomic mass is 9.98. The van der Waals surface area contributed by atoms with Crippen molar-refractivity contribution < 1.29 is 31.9 Å². The minimum atomic E-state index is -4.20. The minimum absolute atomic E-state index is 0.0423. The standard InChI is InChI=1S/C22H31F4N3O3/c1-3-16(4-2)19(30)29-10-8-17(9-11-29)27-21(31)28-18-7-5-6-15(12-18)13-32-14-22(25,26)20(23)24/h5-7,12,16-17,20H,3-4,8-11,13-14H2,1-2H3,(H2,27,28,31). The molecule has 0 aromatic heterocycles. The first-order chi connectivity index (χ1) is 15.2. The molecule has 180 valence electrons. The number of anilines is 1. The molecule has 0 bridgehead atoms. The maximum absolute atomic E-state index is 12.9. The quantitative estimate of drug-likeness (QED) is 0.498. The van der Waals surface area contributed by atoms with Gasteiger partial charge in [-0.2, -0.15) is 8.78 Å². The third-order valence-electron chi connectivity index (χ3n) is 5.54. The molecule has 0 unspecified atom stereocenters. The Morgan fingerprint density at radius 2 is 1.84 bits per heavy atom. The molecule has 32 heavy (non-hydrogen) atoms. The van der Waals surface area contributed by atoms with E-state index in [1.165, 1.54) is 6.07 Å². The van der Waals surface area contributed by atoms with E-state index < -0.39 is 25.0 Å². The number of hydrogen-bond donors (Lipinski definition) is 2. The predicted octanol–water partition coefficient (Wildman–Crippen LogP) is 4.65. The fraction of sp³-hybridized carbons (Fsp3) is 0.636. The van der Waals surface area contributed by atoms with E-state index in [0.717, 1.165) is 12.8 Å². The van der Waals surface area contributed by atoms with Gasteiger partial charge in [0.05, 0.1) is 6.61 Å². The molecule has 0 aliphatic carbocycles. The van der Waals surface area contributed by atoms with Crippen molar-refractivity contribution in [2.45, 2.75) is 64.5 Å². The van der Waals surface area contributed by atoms with Gasteiger partial charge in [-0.25, -0.2) is 13.6 Å². The van der Waals surface area contributed by atoms with Crippen LogP contribution in [0.5, 0.6) is 0 Å². The van der Waals surface area contributed by atoms with Crippen LogP contribution in [0, 0.1) is 5.92 Å². The zero-order valence-corrected chi connectivity index (χ0v) is 18.4. The molecule has 6 nitrogen and oxygen atoms in total. The number of ether oxygens (including phenoxy) is 1. The largest absolute Gasteiger partial charge is 0.370 e. The van der Waals surface area contributed by atoms with Gasteiger partial charge in [0.1, 0.15) is 6.61 Å². The maximum Gasteiger partial charge on any atom is 0.330 e. The second kappa shape index (κ2) is 12.0. The van der Waals surface area contributed by atoms with E-state index >= 15 is 0 Å².